The van der Waals surface area contributed by atoms with E-state index in [9.17, 15) is 0 Å². The van der Waals surface area contributed by atoms with Gasteiger partial charge >= 0.3 is 0 Å². The molecular weight excluding hydrogens is 266 g/mol. The smallest absolute Gasteiger partial charge is 0.133 e. The van der Waals surface area contributed by atoms with Crippen LogP contribution < -0.4 is 5.32 Å². The summed E-state index contributed by atoms with van der Waals surface area (Å²) in [5, 5.41) is 4.59. The van der Waals surface area contributed by atoms with Crippen LogP contribution in [-0.4, -0.2) is 27.5 Å². The summed E-state index contributed by atoms with van der Waals surface area (Å²) in [4.78, 5) is 9.04. The minimum absolute atomic E-state index is 0.612. The van der Waals surface area contributed by atoms with E-state index in [0.717, 1.165) is 23.9 Å². The highest BCUT2D eigenvalue weighted by atomic mass is 32.2. The average molecular weight is 291 g/mol. The van der Waals surface area contributed by atoms with E-state index in [1.807, 2.05) is 11.8 Å². The van der Waals surface area contributed by atoms with E-state index in [4.69, 9.17) is 0 Å². The van der Waals surface area contributed by atoms with Gasteiger partial charge in [-0.25, -0.2) is 9.97 Å². The van der Waals surface area contributed by atoms with Gasteiger partial charge in [0, 0.05) is 22.5 Å². The predicted octanol–water partition coefficient (Wildman–Crippen LogP) is 3.83. The van der Waals surface area contributed by atoms with Crippen LogP contribution in [0, 0.1) is 0 Å². The molecule has 0 bridgehead atoms. The first-order valence-corrected chi connectivity index (χ1v) is 9.27. The van der Waals surface area contributed by atoms with E-state index >= 15 is 0 Å². The second-order valence-electron chi connectivity index (χ2n) is 6.06. The molecule has 0 atom stereocenters. The second-order valence-corrected chi connectivity index (χ2v) is 7.20. The van der Waals surface area contributed by atoms with Crippen molar-refractivity contribution in [1.82, 2.24) is 9.97 Å². The molecule has 1 heterocycles. The zero-order valence-electron chi connectivity index (χ0n) is 12.4. The molecule has 1 aromatic rings. The van der Waals surface area contributed by atoms with Crippen molar-refractivity contribution < 1.29 is 0 Å². The first-order valence-electron chi connectivity index (χ1n) is 7.99. The number of hydrogen-bond acceptors (Lipinski definition) is 4. The van der Waals surface area contributed by atoms with Crippen molar-refractivity contribution in [1.29, 1.82) is 0 Å². The van der Waals surface area contributed by atoms with Gasteiger partial charge in [-0.05, 0) is 57.6 Å². The van der Waals surface area contributed by atoms with Gasteiger partial charge in [-0.3, -0.25) is 0 Å². The second kappa shape index (κ2) is 6.79. The first-order chi connectivity index (χ1) is 9.86. The van der Waals surface area contributed by atoms with Crippen LogP contribution >= 0.6 is 11.8 Å². The lowest BCUT2D eigenvalue weighted by atomic mass is 9.94. The zero-order chi connectivity index (χ0) is 13.8. The molecule has 2 aliphatic rings. The third-order valence-electron chi connectivity index (χ3n) is 4.72. The van der Waals surface area contributed by atoms with E-state index < -0.39 is 0 Å². The number of nitrogens with zero attached hydrogens (tertiary/aromatic N) is 2. The molecule has 1 fully saturated rings. The third kappa shape index (κ3) is 3.27. The van der Waals surface area contributed by atoms with Gasteiger partial charge in [-0.1, -0.05) is 6.42 Å². The van der Waals surface area contributed by atoms with Gasteiger partial charge in [0.05, 0.1) is 0 Å². The van der Waals surface area contributed by atoms with E-state index in [2.05, 4.69) is 21.5 Å². The van der Waals surface area contributed by atoms with Crippen molar-refractivity contribution in [2.75, 3.05) is 11.6 Å². The Morgan fingerprint density at radius 2 is 1.85 bits per heavy atom. The van der Waals surface area contributed by atoms with Crippen LogP contribution in [0.3, 0.4) is 0 Å². The molecule has 1 aromatic heterocycles. The Morgan fingerprint density at radius 1 is 1.05 bits per heavy atom. The van der Waals surface area contributed by atoms with Crippen molar-refractivity contribution in [2.24, 2.45) is 0 Å². The maximum atomic E-state index is 4.54. The number of nitrogens with one attached hydrogen (secondary N) is 1. The van der Waals surface area contributed by atoms with Crippen LogP contribution in [0.5, 0.6) is 0 Å². The summed E-state index contributed by atoms with van der Waals surface area (Å²) in [6.45, 7) is 0. The molecule has 0 saturated heterocycles. The number of thioether (sulfide) groups is 1. The van der Waals surface area contributed by atoms with Gasteiger partial charge < -0.3 is 5.32 Å². The van der Waals surface area contributed by atoms with Crippen LogP contribution in [0.2, 0.25) is 0 Å². The number of fused-ring (bicyclic) bond motifs is 1. The van der Waals surface area contributed by atoms with Gasteiger partial charge in [0.15, 0.2) is 0 Å². The molecule has 4 heteroatoms. The zero-order valence-corrected chi connectivity index (χ0v) is 13.2. The van der Waals surface area contributed by atoms with E-state index in [1.54, 1.807) is 6.33 Å². The van der Waals surface area contributed by atoms with Crippen molar-refractivity contribution in [3.63, 3.8) is 0 Å². The topological polar surface area (TPSA) is 37.8 Å². The molecule has 1 saturated carbocycles. The van der Waals surface area contributed by atoms with Gasteiger partial charge in [0.2, 0.25) is 0 Å². The summed E-state index contributed by atoms with van der Waals surface area (Å²) in [5.41, 5.74) is 2.69. The highest BCUT2D eigenvalue weighted by Gasteiger charge is 2.22. The molecule has 1 N–H and O–H groups in total. The Morgan fingerprint density at radius 3 is 2.65 bits per heavy atom. The summed E-state index contributed by atoms with van der Waals surface area (Å²) < 4.78 is 0. The number of aryl methyl sites for hydroxylation is 1. The fourth-order valence-corrected chi connectivity index (χ4v) is 4.20. The third-order valence-corrected chi connectivity index (χ3v) is 5.86. The van der Waals surface area contributed by atoms with Gasteiger partial charge in [0.25, 0.3) is 0 Å². The molecular formula is C16H25N3S. The van der Waals surface area contributed by atoms with Crippen molar-refractivity contribution >= 4 is 17.6 Å². The number of aromatic nitrogens is 2. The molecule has 0 aliphatic heterocycles. The van der Waals surface area contributed by atoms with Crippen LogP contribution in [0.25, 0.3) is 0 Å². The monoisotopic (exact) mass is 291 g/mol. The van der Waals surface area contributed by atoms with E-state index in [-0.39, 0.29) is 0 Å². The quantitative estimate of drug-likeness (QED) is 0.859. The average Bonchev–Trinajstić information content (AvgIpc) is 2.74. The van der Waals surface area contributed by atoms with E-state index in [0.29, 0.717) is 6.04 Å². The molecule has 0 amide bonds. The summed E-state index contributed by atoms with van der Waals surface area (Å²) in [6, 6.07) is 0.612. The number of rotatable bonds is 3. The van der Waals surface area contributed by atoms with Crippen molar-refractivity contribution in [3.05, 3.63) is 17.6 Å². The summed E-state index contributed by atoms with van der Waals surface area (Å²) >= 11 is 2.03. The molecule has 0 unspecified atom stereocenters. The largest absolute Gasteiger partial charge is 0.367 e. The minimum Gasteiger partial charge on any atom is -0.367 e. The highest BCUT2D eigenvalue weighted by Crippen LogP contribution is 2.30. The SMILES string of the molecule is CSC1CCC(Nc2ncnc3c2CCCCC3)CC1. The molecule has 0 aromatic carbocycles. The summed E-state index contributed by atoms with van der Waals surface area (Å²) in [6.07, 6.45) is 15.4. The minimum atomic E-state index is 0.612. The maximum Gasteiger partial charge on any atom is 0.133 e. The maximum absolute atomic E-state index is 4.54. The standard InChI is InChI=1S/C16H25N3S/c1-20-13-9-7-12(8-10-13)19-16-14-5-3-2-4-6-15(14)17-11-18-16/h11-13H,2-10H2,1H3,(H,17,18,19). The van der Waals surface area contributed by atoms with Crippen molar-refractivity contribution in [2.45, 2.75) is 69.1 Å². The van der Waals surface area contributed by atoms with Crippen LogP contribution in [-0.2, 0) is 12.8 Å². The van der Waals surface area contributed by atoms with Gasteiger partial charge in [-0.2, -0.15) is 11.8 Å². The lowest BCUT2D eigenvalue weighted by Crippen LogP contribution is -2.28. The molecule has 0 spiro atoms. The Labute approximate surface area is 126 Å². The summed E-state index contributed by atoms with van der Waals surface area (Å²) in [5.74, 6) is 1.13. The van der Waals surface area contributed by atoms with Crippen molar-refractivity contribution in [3.8, 4) is 0 Å². The molecule has 3 rings (SSSR count). The highest BCUT2D eigenvalue weighted by molar-refractivity contribution is 7.99. The Kier molecular flexibility index (Phi) is 4.81. The fourth-order valence-electron chi connectivity index (χ4n) is 3.46. The Bertz CT molecular complexity index is 441. The molecule has 2 aliphatic carbocycles. The molecule has 3 nitrogen and oxygen atoms in total. The van der Waals surface area contributed by atoms with Crippen LogP contribution in [0.1, 0.15) is 56.2 Å². The first kappa shape index (κ1) is 14.2. The molecule has 0 radical (unpaired) electrons. The van der Waals surface area contributed by atoms with Gasteiger partial charge in [-0.15, -0.1) is 0 Å². The Hall–Kier alpha value is -0.770. The number of anilines is 1. The van der Waals surface area contributed by atoms with Gasteiger partial charge in [0.1, 0.15) is 12.1 Å². The lowest BCUT2D eigenvalue weighted by molar-refractivity contribution is 0.472. The fraction of sp³-hybridized carbons (Fsp3) is 0.750. The molecule has 110 valence electrons. The Balaban J connectivity index is 1.68. The molecule has 20 heavy (non-hydrogen) atoms. The lowest BCUT2D eigenvalue weighted by Gasteiger charge is -2.29. The van der Waals surface area contributed by atoms with Crippen LogP contribution in [0.4, 0.5) is 5.82 Å². The predicted molar refractivity (Wildman–Crippen MR) is 86.5 cm³/mol. The summed E-state index contributed by atoms with van der Waals surface area (Å²) in [7, 11) is 0. The van der Waals surface area contributed by atoms with E-state index in [1.165, 1.54) is 56.2 Å². The number of hydrogen-bond donors (Lipinski definition) is 1. The van der Waals surface area contributed by atoms with Crippen LogP contribution in [0.15, 0.2) is 6.33 Å². The normalized spacial score (nSPS) is 26.6.